The maximum atomic E-state index is 11.0. The van der Waals surface area contributed by atoms with Crippen LogP contribution in [0.3, 0.4) is 0 Å². The normalized spacial score (nSPS) is 13.7. The van der Waals surface area contributed by atoms with Crippen molar-refractivity contribution in [2.45, 2.75) is 12.5 Å². The van der Waals surface area contributed by atoms with Gasteiger partial charge in [-0.05, 0) is 28.7 Å². The van der Waals surface area contributed by atoms with Crippen LogP contribution in [0.15, 0.2) is 48.5 Å². The number of amides is 1. The average Bonchev–Trinajstić information content (AvgIpc) is 2.43. The minimum absolute atomic E-state index is 0.0497. The van der Waals surface area contributed by atoms with Crippen molar-refractivity contribution in [3.05, 3.63) is 70.8 Å². The maximum Gasteiger partial charge on any atom is 0.231 e. The van der Waals surface area contributed by atoms with Crippen LogP contribution in [0.4, 0.5) is 0 Å². The van der Waals surface area contributed by atoms with Gasteiger partial charge in [0.05, 0.1) is 12.6 Å². The van der Waals surface area contributed by atoms with Crippen molar-refractivity contribution in [1.82, 2.24) is 5.32 Å². The van der Waals surface area contributed by atoms with Crippen LogP contribution in [0.25, 0.3) is 0 Å². The van der Waals surface area contributed by atoms with Crippen molar-refractivity contribution >= 4 is 5.91 Å². The van der Waals surface area contributed by atoms with Crippen LogP contribution in [-0.2, 0) is 11.2 Å². The molecule has 3 nitrogen and oxygen atoms in total. The molecule has 0 saturated heterocycles. The SMILES string of the molecule is NC(=O)CNC1c2ccccc2Cc2ccccc21. The Kier molecular flexibility index (Phi) is 3.05. The minimum Gasteiger partial charge on any atom is -0.369 e. The van der Waals surface area contributed by atoms with E-state index in [9.17, 15) is 4.79 Å². The Hall–Kier alpha value is -2.13. The van der Waals surface area contributed by atoms with Gasteiger partial charge in [0.25, 0.3) is 0 Å². The molecule has 19 heavy (non-hydrogen) atoms. The highest BCUT2D eigenvalue weighted by Crippen LogP contribution is 2.34. The van der Waals surface area contributed by atoms with Crippen molar-refractivity contribution in [2.75, 3.05) is 6.54 Å². The number of hydrogen-bond acceptors (Lipinski definition) is 2. The lowest BCUT2D eigenvalue weighted by molar-refractivity contribution is -0.117. The van der Waals surface area contributed by atoms with Crippen molar-refractivity contribution < 1.29 is 4.79 Å². The van der Waals surface area contributed by atoms with Crippen LogP contribution in [0.2, 0.25) is 0 Å². The summed E-state index contributed by atoms with van der Waals surface area (Å²) >= 11 is 0. The molecule has 1 aliphatic rings. The van der Waals surface area contributed by atoms with E-state index in [2.05, 4.69) is 41.7 Å². The van der Waals surface area contributed by atoms with E-state index in [1.165, 1.54) is 22.3 Å². The van der Waals surface area contributed by atoms with Crippen molar-refractivity contribution in [1.29, 1.82) is 0 Å². The van der Waals surface area contributed by atoms with E-state index >= 15 is 0 Å². The second-order valence-corrected chi connectivity index (χ2v) is 4.85. The molecule has 3 N–H and O–H groups in total. The molecule has 0 aliphatic heterocycles. The first-order valence-electron chi connectivity index (χ1n) is 6.43. The molecule has 3 rings (SSSR count). The van der Waals surface area contributed by atoms with Gasteiger partial charge in [-0.25, -0.2) is 0 Å². The molecule has 0 spiro atoms. The number of rotatable bonds is 3. The molecular formula is C16H16N2O. The molecule has 2 aromatic rings. The van der Waals surface area contributed by atoms with E-state index in [1.807, 2.05) is 12.1 Å². The Labute approximate surface area is 112 Å². The number of carbonyl (C=O) groups excluding carboxylic acids is 1. The Morgan fingerprint density at radius 1 is 1.05 bits per heavy atom. The molecule has 1 aliphatic carbocycles. The molecule has 96 valence electrons. The van der Waals surface area contributed by atoms with Crippen molar-refractivity contribution in [3.63, 3.8) is 0 Å². The van der Waals surface area contributed by atoms with Gasteiger partial charge in [0, 0.05) is 0 Å². The van der Waals surface area contributed by atoms with Gasteiger partial charge < -0.3 is 5.73 Å². The monoisotopic (exact) mass is 252 g/mol. The molecule has 3 heteroatoms. The first-order chi connectivity index (χ1) is 9.25. The average molecular weight is 252 g/mol. The van der Waals surface area contributed by atoms with Gasteiger partial charge in [0.2, 0.25) is 5.91 Å². The molecule has 0 radical (unpaired) electrons. The second-order valence-electron chi connectivity index (χ2n) is 4.85. The standard InChI is InChI=1S/C16H16N2O/c17-15(19)10-18-16-13-7-3-1-5-11(13)9-12-6-2-4-8-14(12)16/h1-8,16,18H,9-10H2,(H2,17,19). The van der Waals surface area contributed by atoms with Crippen molar-refractivity contribution in [3.8, 4) is 0 Å². The van der Waals surface area contributed by atoms with E-state index in [-0.39, 0.29) is 18.5 Å². The smallest absolute Gasteiger partial charge is 0.231 e. The number of nitrogens with two attached hydrogens (primary N) is 1. The van der Waals surface area contributed by atoms with Crippen LogP contribution in [-0.4, -0.2) is 12.5 Å². The number of carbonyl (C=O) groups is 1. The molecule has 0 atom stereocenters. The van der Waals surface area contributed by atoms with Gasteiger partial charge in [-0.15, -0.1) is 0 Å². The molecule has 0 bridgehead atoms. The number of nitrogens with one attached hydrogen (secondary N) is 1. The molecule has 1 amide bonds. The number of hydrogen-bond donors (Lipinski definition) is 2. The fourth-order valence-corrected chi connectivity index (χ4v) is 2.75. The van der Waals surface area contributed by atoms with Gasteiger partial charge in [-0.3, -0.25) is 10.1 Å². The first-order valence-corrected chi connectivity index (χ1v) is 6.43. The Balaban J connectivity index is 2.03. The zero-order valence-electron chi connectivity index (χ0n) is 10.6. The zero-order chi connectivity index (χ0) is 13.2. The summed E-state index contributed by atoms with van der Waals surface area (Å²) in [5.74, 6) is -0.333. The summed E-state index contributed by atoms with van der Waals surface area (Å²) < 4.78 is 0. The van der Waals surface area contributed by atoms with Crippen LogP contribution in [0.1, 0.15) is 28.3 Å². The van der Waals surface area contributed by atoms with Gasteiger partial charge in [-0.1, -0.05) is 48.5 Å². The van der Waals surface area contributed by atoms with E-state index in [1.54, 1.807) is 0 Å². The molecule has 2 aromatic carbocycles. The number of fused-ring (bicyclic) bond motifs is 2. The lowest BCUT2D eigenvalue weighted by Crippen LogP contribution is -2.34. The fraction of sp³-hybridized carbons (Fsp3) is 0.188. The largest absolute Gasteiger partial charge is 0.369 e. The number of benzene rings is 2. The van der Waals surface area contributed by atoms with Gasteiger partial charge in [-0.2, -0.15) is 0 Å². The third kappa shape index (κ3) is 2.25. The van der Waals surface area contributed by atoms with E-state index < -0.39 is 0 Å². The summed E-state index contributed by atoms with van der Waals surface area (Å²) in [6.45, 7) is 0.188. The summed E-state index contributed by atoms with van der Waals surface area (Å²) in [7, 11) is 0. The van der Waals surface area contributed by atoms with E-state index in [0.29, 0.717) is 0 Å². The molecule has 0 unspecified atom stereocenters. The molecule has 0 fully saturated rings. The molecular weight excluding hydrogens is 236 g/mol. The van der Waals surface area contributed by atoms with Crippen LogP contribution in [0, 0.1) is 0 Å². The van der Waals surface area contributed by atoms with Gasteiger partial charge in [0.15, 0.2) is 0 Å². The summed E-state index contributed by atoms with van der Waals surface area (Å²) in [5, 5.41) is 3.26. The summed E-state index contributed by atoms with van der Waals surface area (Å²) in [6, 6.07) is 16.7. The molecule has 0 aromatic heterocycles. The highest BCUT2D eigenvalue weighted by atomic mass is 16.1. The topological polar surface area (TPSA) is 55.1 Å². The molecule has 0 saturated carbocycles. The lowest BCUT2D eigenvalue weighted by atomic mass is 9.82. The number of primary amides is 1. The molecule has 0 heterocycles. The van der Waals surface area contributed by atoms with Crippen LogP contribution < -0.4 is 11.1 Å². The van der Waals surface area contributed by atoms with Crippen molar-refractivity contribution in [2.24, 2.45) is 5.73 Å². The third-order valence-electron chi connectivity index (χ3n) is 3.59. The minimum atomic E-state index is -0.333. The zero-order valence-corrected chi connectivity index (χ0v) is 10.6. The Bertz CT molecular complexity index is 576. The summed E-state index contributed by atoms with van der Waals surface area (Å²) in [4.78, 5) is 11.0. The highest BCUT2D eigenvalue weighted by molar-refractivity contribution is 5.76. The maximum absolute atomic E-state index is 11.0. The summed E-state index contributed by atoms with van der Waals surface area (Å²) in [6.07, 6.45) is 0.946. The van der Waals surface area contributed by atoms with Crippen LogP contribution >= 0.6 is 0 Å². The van der Waals surface area contributed by atoms with Gasteiger partial charge >= 0.3 is 0 Å². The third-order valence-corrected chi connectivity index (χ3v) is 3.59. The fourth-order valence-electron chi connectivity index (χ4n) is 2.75. The van der Waals surface area contributed by atoms with E-state index in [4.69, 9.17) is 5.73 Å². The van der Waals surface area contributed by atoms with E-state index in [0.717, 1.165) is 6.42 Å². The summed E-state index contributed by atoms with van der Waals surface area (Å²) in [5.41, 5.74) is 10.3. The lowest BCUT2D eigenvalue weighted by Gasteiger charge is -2.29. The quantitative estimate of drug-likeness (QED) is 0.874. The first kappa shape index (κ1) is 11.9. The second kappa shape index (κ2) is 4.86. The predicted octanol–water partition coefficient (Wildman–Crippen LogP) is 1.76. The predicted molar refractivity (Wildman–Crippen MR) is 74.7 cm³/mol. The Morgan fingerprint density at radius 2 is 1.58 bits per heavy atom. The van der Waals surface area contributed by atoms with Gasteiger partial charge in [0.1, 0.15) is 0 Å². The highest BCUT2D eigenvalue weighted by Gasteiger charge is 2.24. The Morgan fingerprint density at radius 3 is 2.11 bits per heavy atom. The van der Waals surface area contributed by atoms with Crippen LogP contribution in [0.5, 0.6) is 0 Å².